The number of aromatic amines is 1. The molecule has 94 valence electrons. The van der Waals surface area contributed by atoms with Gasteiger partial charge in [0.15, 0.2) is 0 Å². The summed E-state index contributed by atoms with van der Waals surface area (Å²) in [5.41, 5.74) is 2.80. The summed E-state index contributed by atoms with van der Waals surface area (Å²) in [4.78, 5) is 14.8. The van der Waals surface area contributed by atoms with E-state index in [0.717, 1.165) is 12.1 Å². The van der Waals surface area contributed by atoms with E-state index >= 15 is 0 Å². The Hall–Kier alpha value is -1.75. The number of nitrogens with one attached hydrogen (secondary N) is 3. The van der Waals surface area contributed by atoms with Crippen LogP contribution < -0.4 is 10.6 Å². The molecule has 3 rings (SSSR count). The van der Waals surface area contributed by atoms with Gasteiger partial charge >= 0.3 is 0 Å². The van der Waals surface area contributed by atoms with Gasteiger partial charge in [-0.15, -0.1) is 0 Å². The lowest BCUT2D eigenvalue weighted by Crippen LogP contribution is -2.31. The molecule has 0 spiro atoms. The Kier molecular flexibility index (Phi) is 2.45. The molecule has 2 aliphatic heterocycles. The molecule has 0 fully saturated rings. The van der Waals surface area contributed by atoms with Crippen LogP contribution in [0.2, 0.25) is 0 Å². The molecule has 1 atom stereocenters. The SMILES string of the molecule is O=C1NCCc2[nH]c(C3=CC(F)(Cl)NC=C3)cc21. The molecule has 3 N–H and O–H groups in total. The third-order valence-corrected chi connectivity index (χ3v) is 3.21. The van der Waals surface area contributed by atoms with Crippen molar-refractivity contribution >= 4 is 23.1 Å². The highest BCUT2D eigenvalue weighted by Crippen LogP contribution is 2.28. The predicted octanol–water partition coefficient (Wildman–Crippen LogP) is 1.66. The van der Waals surface area contributed by atoms with Crippen molar-refractivity contribution in [3.63, 3.8) is 0 Å². The second-order valence-corrected chi connectivity index (χ2v) is 4.83. The number of hydrogen-bond donors (Lipinski definition) is 3. The molecule has 1 unspecified atom stereocenters. The van der Waals surface area contributed by atoms with Gasteiger partial charge in [-0.25, -0.2) is 0 Å². The van der Waals surface area contributed by atoms with Gasteiger partial charge in [0.05, 0.1) is 5.56 Å². The van der Waals surface area contributed by atoms with E-state index in [1.807, 2.05) is 0 Å². The van der Waals surface area contributed by atoms with Gasteiger partial charge in [-0.3, -0.25) is 4.79 Å². The normalized spacial score (nSPS) is 26.1. The molecule has 0 saturated heterocycles. The van der Waals surface area contributed by atoms with Crippen LogP contribution >= 0.6 is 11.6 Å². The number of fused-ring (bicyclic) bond motifs is 1. The summed E-state index contributed by atoms with van der Waals surface area (Å²) >= 11 is 5.57. The van der Waals surface area contributed by atoms with Crippen molar-refractivity contribution in [2.75, 3.05) is 6.54 Å². The summed E-state index contributed by atoms with van der Waals surface area (Å²) in [6, 6.07) is 1.72. The Labute approximate surface area is 108 Å². The van der Waals surface area contributed by atoms with Gasteiger partial charge in [0.25, 0.3) is 11.2 Å². The molecule has 1 aromatic rings. The summed E-state index contributed by atoms with van der Waals surface area (Å²) in [5.74, 6) is -0.102. The number of allylic oxidation sites excluding steroid dienone is 2. The second kappa shape index (κ2) is 3.88. The molecular formula is C12H11ClFN3O. The third kappa shape index (κ3) is 1.90. The number of aromatic nitrogens is 1. The molecule has 18 heavy (non-hydrogen) atoms. The lowest BCUT2D eigenvalue weighted by atomic mass is 10.1. The van der Waals surface area contributed by atoms with Crippen molar-refractivity contribution < 1.29 is 9.18 Å². The molecule has 3 heterocycles. The Morgan fingerprint density at radius 1 is 1.44 bits per heavy atom. The maximum absolute atomic E-state index is 13.6. The minimum absolute atomic E-state index is 0.102. The van der Waals surface area contributed by atoms with Crippen molar-refractivity contribution in [1.82, 2.24) is 15.6 Å². The smallest absolute Gasteiger partial charge is 0.275 e. The van der Waals surface area contributed by atoms with E-state index in [0.29, 0.717) is 23.4 Å². The Balaban J connectivity index is 2.01. The van der Waals surface area contributed by atoms with E-state index in [1.54, 1.807) is 12.1 Å². The zero-order valence-electron chi connectivity index (χ0n) is 9.39. The van der Waals surface area contributed by atoms with Crippen LogP contribution in [0, 0.1) is 0 Å². The molecule has 0 aromatic carbocycles. The summed E-state index contributed by atoms with van der Waals surface area (Å²) in [6.45, 7) is 0.616. The standard InChI is InChI=1S/C12H11ClFN3O/c13-12(14)6-7(1-4-16-12)10-5-8-9(17-10)2-3-15-11(8)18/h1,4-6,16-17H,2-3H2,(H,15,18). The lowest BCUT2D eigenvalue weighted by Gasteiger charge is -2.18. The highest BCUT2D eigenvalue weighted by Gasteiger charge is 2.26. The quantitative estimate of drug-likeness (QED) is 0.535. The molecule has 0 bridgehead atoms. The molecule has 0 saturated carbocycles. The fourth-order valence-corrected chi connectivity index (χ4v) is 2.32. The van der Waals surface area contributed by atoms with Crippen molar-refractivity contribution in [2.24, 2.45) is 0 Å². The second-order valence-electron chi connectivity index (χ2n) is 4.28. The molecule has 2 aliphatic rings. The Morgan fingerprint density at radius 3 is 3.00 bits per heavy atom. The number of rotatable bonds is 1. The van der Waals surface area contributed by atoms with Crippen LogP contribution in [0.1, 0.15) is 21.7 Å². The monoisotopic (exact) mass is 267 g/mol. The summed E-state index contributed by atoms with van der Waals surface area (Å²) in [6.07, 6.45) is 5.17. The summed E-state index contributed by atoms with van der Waals surface area (Å²) < 4.78 is 13.6. The largest absolute Gasteiger partial charge is 0.358 e. The van der Waals surface area contributed by atoms with Crippen LogP contribution in [0.3, 0.4) is 0 Å². The average Bonchev–Trinajstić information content (AvgIpc) is 2.73. The van der Waals surface area contributed by atoms with Crippen LogP contribution in [0.15, 0.2) is 24.4 Å². The molecule has 4 nitrogen and oxygen atoms in total. The van der Waals surface area contributed by atoms with Gasteiger partial charge in [-0.1, -0.05) is 11.6 Å². The summed E-state index contributed by atoms with van der Waals surface area (Å²) in [5, 5.41) is 3.05. The van der Waals surface area contributed by atoms with Crippen molar-refractivity contribution in [1.29, 1.82) is 0 Å². The highest BCUT2D eigenvalue weighted by molar-refractivity contribution is 6.24. The van der Waals surface area contributed by atoms with E-state index in [-0.39, 0.29) is 5.91 Å². The van der Waals surface area contributed by atoms with Crippen molar-refractivity contribution in [2.45, 2.75) is 11.7 Å². The van der Waals surface area contributed by atoms with E-state index in [1.165, 1.54) is 12.3 Å². The van der Waals surface area contributed by atoms with Gasteiger partial charge in [0.1, 0.15) is 0 Å². The Morgan fingerprint density at radius 2 is 2.28 bits per heavy atom. The number of amides is 1. The summed E-state index contributed by atoms with van der Waals surface area (Å²) in [7, 11) is 0. The van der Waals surface area contributed by atoms with Crippen molar-refractivity contribution in [3.8, 4) is 0 Å². The first-order chi connectivity index (χ1) is 8.55. The first-order valence-electron chi connectivity index (χ1n) is 5.60. The fourth-order valence-electron chi connectivity index (χ4n) is 2.14. The first kappa shape index (κ1) is 11.3. The number of halogens is 2. The van der Waals surface area contributed by atoms with Gasteiger partial charge in [-0.2, -0.15) is 4.39 Å². The van der Waals surface area contributed by atoms with E-state index < -0.39 is 5.25 Å². The number of carbonyl (C=O) groups excluding carboxylic acids is 1. The number of dihydropyridines is 1. The maximum atomic E-state index is 13.6. The van der Waals surface area contributed by atoms with Gasteiger partial charge in [0, 0.05) is 36.1 Å². The number of hydrogen-bond acceptors (Lipinski definition) is 2. The van der Waals surface area contributed by atoms with Crippen LogP contribution in [-0.4, -0.2) is 22.7 Å². The highest BCUT2D eigenvalue weighted by atomic mass is 35.5. The topological polar surface area (TPSA) is 56.9 Å². The van der Waals surface area contributed by atoms with Crippen LogP contribution in [0.5, 0.6) is 0 Å². The van der Waals surface area contributed by atoms with Gasteiger partial charge in [0.2, 0.25) is 0 Å². The number of carbonyl (C=O) groups is 1. The van der Waals surface area contributed by atoms with Gasteiger partial charge in [-0.05, 0) is 18.2 Å². The first-order valence-corrected chi connectivity index (χ1v) is 5.98. The van der Waals surface area contributed by atoms with E-state index in [9.17, 15) is 9.18 Å². The minimum Gasteiger partial charge on any atom is -0.358 e. The minimum atomic E-state index is -2.09. The van der Waals surface area contributed by atoms with E-state index in [4.69, 9.17) is 11.6 Å². The average molecular weight is 268 g/mol. The zero-order chi connectivity index (χ0) is 12.8. The van der Waals surface area contributed by atoms with Crippen LogP contribution in [0.25, 0.3) is 5.57 Å². The fraction of sp³-hybridized carbons (Fsp3) is 0.250. The molecule has 0 aliphatic carbocycles. The maximum Gasteiger partial charge on any atom is 0.275 e. The van der Waals surface area contributed by atoms with E-state index in [2.05, 4.69) is 15.6 Å². The van der Waals surface area contributed by atoms with Crippen LogP contribution in [0.4, 0.5) is 4.39 Å². The predicted molar refractivity (Wildman–Crippen MR) is 66.8 cm³/mol. The molecule has 1 amide bonds. The zero-order valence-corrected chi connectivity index (χ0v) is 10.1. The number of H-pyrrole nitrogens is 1. The molecular weight excluding hydrogens is 257 g/mol. The molecule has 1 aromatic heterocycles. The Bertz CT molecular complexity index is 574. The lowest BCUT2D eigenvalue weighted by molar-refractivity contribution is 0.0946. The van der Waals surface area contributed by atoms with Gasteiger partial charge < -0.3 is 15.6 Å². The molecule has 6 heteroatoms. The molecule has 0 radical (unpaired) electrons. The number of alkyl halides is 2. The van der Waals surface area contributed by atoms with Crippen LogP contribution in [-0.2, 0) is 6.42 Å². The third-order valence-electron chi connectivity index (χ3n) is 2.99. The van der Waals surface area contributed by atoms with Crippen molar-refractivity contribution in [3.05, 3.63) is 41.4 Å².